The van der Waals surface area contributed by atoms with Gasteiger partial charge in [-0.3, -0.25) is 0 Å². The van der Waals surface area contributed by atoms with Crippen LogP contribution in [0.1, 0.15) is 33.5 Å². The Balaban J connectivity index is 0.00000264. The fraction of sp³-hybridized carbons (Fsp3) is 0.800. The second kappa shape index (κ2) is 10.4. The molecule has 1 aliphatic rings. The Morgan fingerprint density at radius 2 is 2.26 bits per heavy atom. The smallest absolute Gasteiger partial charge is 0.194 e. The molecule has 0 spiro atoms. The Morgan fingerprint density at radius 1 is 1.48 bits per heavy atom. The fourth-order valence-corrected chi connectivity index (χ4v) is 3.81. The molecule has 0 aliphatic carbocycles. The molecule has 0 bridgehead atoms. The molecule has 1 unspecified atom stereocenters. The first-order valence-electron chi connectivity index (χ1n) is 8.17. The number of thioether (sulfide) groups is 1. The first-order chi connectivity index (χ1) is 10.7. The first-order valence-corrected chi connectivity index (χ1v) is 9.22. The Morgan fingerprint density at radius 3 is 2.91 bits per heavy atom. The van der Waals surface area contributed by atoms with Crippen LogP contribution in [0.4, 0.5) is 0 Å². The Kier molecular flexibility index (Phi) is 9.26. The molecule has 0 radical (unpaired) electrons. The number of hydrogen-bond donors (Lipinski definition) is 1. The zero-order valence-electron chi connectivity index (χ0n) is 14.5. The van der Waals surface area contributed by atoms with Gasteiger partial charge in [-0.05, 0) is 19.8 Å². The third kappa shape index (κ3) is 5.81. The SMILES string of the molecule is CCNC(=NCc1nncn1CC)N1CCSC(C(C)C)C1.I. The van der Waals surface area contributed by atoms with Crippen molar-refractivity contribution in [1.82, 2.24) is 25.0 Å². The predicted octanol–water partition coefficient (Wildman–Crippen LogP) is 2.45. The van der Waals surface area contributed by atoms with Gasteiger partial charge < -0.3 is 14.8 Å². The maximum Gasteiger partial charge on any atom is 0.194 e. The van der Waals surface area contributed by atoms with Crippen molar-refractivity contribution in [3.8, 4) is 0 Å². The molecule has 1 aromatic rings. The van der Waals surface area contributed by atoms with Crippen LogP contribution >= 0.6 is 35.7 Å². The van der Waals surface area contributed by atoms with Crippen LogP contribution in [0.3, 0.4) is 0 Å². The lowest BCUT2D eigenvalue weighted by Crippen LogP contribution is -2.49. The highest BCUT2D eigenvalue weighted by molar-refractivity contribution is 14.0. The van der Waals surface area contributed by atoms with Gasteiger partial charge in [0.25, 0.3) is 0 Å². The molecular formula is C15H29IN6S. The van der Waals surface area contributed by atoms with Gasteiger partial charge in [0, 0.05) is 37.2 Å². The molecule has 8 heteroatoms. The van der Waals surface area contributed by atoms with Crippen LogP contribution in [0.25, 0.3) is 0 Å². The topological polar surface area (TPSA) is 58.3 Å². The van der Waals surface area contributed by atoms with E-state index in [-0.39, 0.29) is 24.0 Å². The van der Waals surface area contributed by atoms with Crippen LogP contribution in [0.15, 0.2) is 11.3 Å². The van der Waals surface area contributed by atoms with Crippen LogP contribution in [0, 0.1) is 5.92 Å². The molecule has 23 heavy (non-hydrogen) atoms. The highest BCUT2D eigenvalue weighted by Gasteiger charge is 2.24. The van der Waals surface area contributed by atoms with Gasteiger partial charge in [-0.2, -0.15) is 11.8 Å². The van der Waals surface area contributed by atoms with Crippen molar-refractivity contribution < 1.29 is 0 Å². The van der Waals surface area contributed by atoms with E-state index in [2.05, 4.69) is 59.9 Å². The number of hydrogen-bond acceptors (Lipinski definition) is 4. The number of nitrogens with one attached hydrogen (secondary N) is 1. The van der Waals surface area contributed by atoms with E-state index in [1.165, 1.54) is 5.75 Å². The van der Waals surface area contributed by atoms with E-state index in [1.54, 1.807) is 6.33 Å². The standard InChI is InChI=1S/C15H28N6S.HI/c1-5-16-15(17-9-14-19-18-11-20(14)6-2)21-7-8-22-13(10-21)12(3)4;/h11-13H,5-10H2,1-4H3,(H,16,17);1H. The number of aromatic nitrogens is 3. The lowest BCUT2D eigenvalue weighted by atomic mass is 10.1. The van der Waals surface area contributed by atoms with Crippen molar-refractivity contribution >= 4 is 41.7 Å². The van der Waals surface area contributed by atoms with Gasteiger partial charge >= 0.3 is 0 Å². The quantitative estimate of drug-likeness (QED) is 0.423. The Labute approximate surface area is 160 Å². The van der Waals surface area contributed by atoms with Crippen LogP contribution in [-0.2, 0) is 13.1 Å². The Hall–Kier alpha value is -0.510. The summed E-state index contributed by atoms with van der Waals surface area (Å²) < 4.78 is 2.04. The minimum absolute atomic E-state index is 0. The van der Waals surface area contributed by atoms with Gasteiger partial charge in [-0.1, -0.05) is 13.8 Å². The normalized spacial score (nSPS) is 18.9. The van der Waals surface area contributed by atoms with Gasteiger partial charge in [-0.15, -0.1) is 34.2 Å². The third-order valence-corrected chi connectivity index (χ3v) is 5.42. The average Bonchev–Trinajstić information content (AvgIpc) is 2.99. The number of halogens is 1. The second-order valence-corrected chi connectivity index (χ2v) is 7.15. The van der Waals surface area contributed by atoms with Crippen LogP contribution in [-0.4, -0.2) is 56.3 Å². The van der Waals surface area contributed by atoms with Crippen molar-refractivity contribution in [2.45, 2.75) is 46.0 Å². The van der Waals surface area contributed by atoms with Gasteiger partial charge in [0.1, 0.15) is 12.9 Å². The van der Waals surface area contributed by atoms with Crippen molar-refractivity contribution in [2.24, 2.45) is 10.9 Å². The summed E-state index contributed by atoms with van der Waals surface area (Å²) in [5.41, 5.74) is 0. The Bertz CT molecular complexity index is 490. The minimum atomic E-state index is 0. The minimum Gasteiger partial charge on any atom is -0.357 e. The maximum atomic E-state index is 4.78. The van der Waals surface area contributed by atoms with Crippen molar-refractivity contribution in [1.29, 1.82) is 0 Å². The number of rotatable bonds is 5. The third-order valence-electron chi connectivity index (χ3n) is 3.88. The highest BCUT2D eigenvalue weighted by Crippen LogP contribution is 2.24. The molecule has 132 valence electrons. The zero-order chi connectivity index (χ0) is 15.9. The molecule has 1 atom stereocenters. The van der Waals surface area contributed by atoms with Crippen LogP contribution in [0.5, 0.6) is 0 Å². The number of aliphatic imine (C=N–C) groups is 1. The molecular weight excluding hydrogens is 423 g/mol. The molecule has 6 nitrogen and oxygen atoms in total. The van der Waals surface area contributed by atoms with E-state index >= 15 is 0 Å². The molecule has 1 aliphatic heterocycles. The predicted molar refractivity (Wildman–Crippen MR) is 109 cm³/mol. The summed E-state index contributed by atoms with van der Waals surface area (Å²) in [6.07, 6.45) is 1.77. The first kappa shape index (κ1) is 20.5. The molecule has 0 aromatic carbocycles. The van der Waals surface area contributed by atoms with Crippen molar-refractivity contribution in [3.63, 3.8) is 0 Å². The molecule has 1 fully saturated rings. The van der Waals surface area contributed by atoms with E-state index in [0.29, 0.717) is 17.7 Å². The lowest BCUT2D eigenvalue weighted by molar-refractivity contribution is 0.380. The maximum absolute atomic E-state index is 4.78. The van der Waals surface area contributed by atoms with E-state index in [9.17, 15) is 0 Å². The van der Waals surface area contributed by atoms with Crippen LogP contribution < -0.4 is 5.32 Å². The zero-order valence-corrected chi connectivity index (χ0v) is 17.7. The second-order valence-electron chi connectivity index (χ2n) is 5.80. The van der Waals surface area contributed by atoms with E-state index in [4.69, 9.17) is 4.99 Å². The summed E-state index contributed by atoms with van der Waals surface area (Å²) in [6, 6.07) is 0. The molecule has 0 amide bonds. The average molecular weight is 452 g/mol. The molecule has 1 saturated heterocycles. The molecule has 1 aromatic heterocycles. The summed E-state index contributed by atoms with van der Waals surface area (Å²) in [4.78, 5) is 7.17. The lowest BCUT2D eigenvalue weighted by Gasteiger charge is -2.36. The van der Waals surface area contributed by atoms with Crippen LogP contribution in [0.2, 0.25) is 0 Å². The summed E-state index contributed by atoms with van der Waals surface area (Å²) in [5, 5.41) is 12.2. The largest absolute Gasteiger partial charge is 0.357 e. The number of guanidine groups is 1. The number of nitrogens with zero attached hydrogens (tertiary/aromatic N) is 5. The molecule has 0 saturated carbocycles. The van der Waals surface area contributed by atoms with Gasteiger partial charge in [0.2, 0.25) is 0 Å². The van der Waals surface area contributed by atoms with Gasteiger partial charge in [-0.25, -0.2) is 4.99 Å². The molecule has 1 N–H and O–H groups in total. The van der Waals surface area contributed by atoms with Crippen molar-refractivity contribution in [2.75, 3.05) is 25.4 Å². The van der Waals surface area contributed by atoms with Gasteiger partial charge in [0.05, 0.1) is 0 Å². The molecule has 2 rings (SSSR count). The van der Waals surface area contributed by atoms with E-state index in [1.807, 2.05) is 4.57 Å². The highest BCUT2D eigenvalue weighted by atomic mass is 127. The number of aryl methyl sites for hydroxylation is 1. The fourth-order valence-electron chi connectivity index (χ4n) is 2.51. The summed E-state index contributed by atoms with van der Waals surface area (Å²) in [5.74, 6) is 3.78. The molecule has 2 heterocycles. The monoisotopic (exact) mass is 452 g/mol. The summed E-state index contributed by atoms with van der Waals surface area (Å²) in [6.45, 7) is 13.3. The summed E-state index contributed by atoms with van der Waals surface area (Å²) in [7, 11) is 0. The van der Waals surface area contributed by atoms with E-state index in [0.717, 1.165) is 38.0 Å². The van der Waals surface area contributed by atoms with Gasteiger partial charge in [0.15, 0.2) is 11.8 Å². The van der Waals surface area contributed by atoms with E-state index < -0.39 is 0 Å². The van der Waals surface area contributed by atoms with Crippen molar-refractivity contribution in [3.05, 3.63) is 12.2 Å². The summed E-state index contributed by atoms with van der Waals surface area (Å²) >= 11 is 2.08.